The van der Waals surface area contributed by atoms with Crippen molar-refractivity contribution in [3.05, 3.63) is 30.3 Å². The van der Waals surface area contributed by atoms with Crippen LogP contribution in [0.4, 0.5) is 5.69 Å². The van der Waals surface area contributed by atoms with Crippen molar-refractivity contribution in [2.75, 3.05) is 31.3 Å². The van der Waals surface area contributed by atoms with E-state index in [1.807, 2.05) is 36.5 Å². The second-order valence-corrected chi connectivity index (χ2v) is 14.1. The molecule has 5 fully saturated rings. The molecule has 0 bridgehead atoms. The first-order chi connectivity index (χ1) is 19.2. The minimum Gasteiger partial charge on any atom is -0.389 e. The molecule has 40 heavy (non-hydrogen) atoms. The minimum absolute atomic E-state index is 0.0913. The third-order valence-corrected chi connectivity index (χ3v) is 12.4. The van der Waals surface area contributed by atoms with Gasteiger partial charge >= 0.3 is 0 Å². The summed E-state index contributed by atoms with van der Waals surface area (Å²) in [5.74, 6) is 1.74. The summed E-state index contributed by atoms with van der Waals surface area (Å²) in [5, 5.41) is 26.8. The van der Waals surface area contributed by atoms with Crippen molar-refractivity contribution in [3.63, 3.8) is 0 Å². The highest BCUT2D eigenvalue weighted by molar-refractivity contribution is 5.93. The van der Waals surface area contributed by atoms with Crippen LogP contribution in [0.25, 0.3) is 0 Å². The number of hydrazone groups is 1. The van der Waals surface area contributed by atoms with Crippen LogP contribution in [0, 0.1) is 39.9 Å². The van der Waals surface area contributed by atoms with Gasteiger partial charge in [0.1, 0.15) is 0 Å². The van der Waals surface area contributed by atoms with Crippen LogP contribution in [0.1, 0.15) is 84.5 Å². The van der Waals surface area contributed by atoms with Gasteiger partial charge in [-0.25, -0.2) is 5.01 Å². The van der Waals surface area contributed by atoms with Crippen molar-refractivity contribution < 1.29 is 9.84 Å². The number of benzene rings is 1. The zero-order valence-electron chi connectivity index (χ0n) is 24.7. The van der Waals surface area contributed by atoms with E-state index in [-0.39, 0.29) is 17.3 Å². The smallest absolute Gasteiger partial charge is 0.214 e. The van der Waals surface area contributed by atoms with Gasteiger partial charge in [0.15, 0.2) is 0 Å². The normalized spacial score (nSPS) is 41.4. The predicted octanol–water partition coefficient (Wildman–Crippen LogP) is 5.63. The molecule has 1 aromatic carbocycles. The number of hydrogen-bond acceptors (Lipinski definition) is 5. The first-order valence-electron chi connectivity index (χ1n) is 16.0. The highest BCUT2D eigenvalue weighted by Crippen LogP contribution is 2.68. The number of nitrogens with zero attached hydrogens (tertiary/aromatic N) is 3. The number of hydrogen-bond donors (Lipinski definition) is 3. The molecule has 6 rings (SSSR count). The number of nitrogens with one attached hydrogen (secondary N) is 1. The number of likely N-dealkylation sites (tertiary alicyclic amines) is 1. The Morgan fingerprint density at radius 2 is 1.85 bits per heavy atom. The Hall–Kier alpha value is -1.96. The average Bonchev–Trinajstić information content (AvgIpc) is 3.55. The maximum absolute atomic E-state index is 12.5. The van der Waals surface area contributed by atoms with E-state index in [1.54, 1.807) is 0 Å². The lowest BCUT2D eigenvalue weighted by molar-refractivity contribution is -0.207. The molecule has 5 aliphatic rings. The van der Waals surface area contributed by atoms with E-state index in [2.05, 4.69) is 18.7 Å². The molecule has 4 aliphatic carbocycles. The fraction of sp³-hybridized carbons (Fsp3) is 0.758. The van der Waals surface area contributed by atoms with Gasteiger partial charge in [-0.1, -0.05) is 32.0 Å². The van der Waals surface area contributed by atoms with E-state index in [0.29, 0.717) is 29.3 Å². The summed E-state index contributed by atoms with van der Waals surface area (Å²) in [6, 6.07) is 9.66. The molecule has 4 saturated carbocycles. The molecule has 4 N–H and O–H groups in total. The van der Waals surface area contributed by atoms with E-state index in [9.17, 15) is 5.11 Å². The molecule has 220 valence electrons. The van der Waals surface area contributed by atoms with Crippen LogP contribution in [0.3, 0.4) is 0 Å². The van der Waals surface area contributed by atoms with Crippen molar-refractivity contribution >= 4 is 17.9 Å². The molecule has 0 aromatic heterocycles. The fourth-order valence-corrected chi connectivity index (χ4v) is 9.96. The predicted molar refractivity (Wildman–Crippen MR) is 161 cm³/mol. The molecule has 1 saturated heterocycles. The van der Waals surface area contributed by atoms with Gasteiger partial charge in [-0.2, -0.15) is 5.10 Å². The maximum atomic E-state index is 12.5. The SMILES string of the molecule is C[C@]12CCC(OCCN3CCCC3)CC1CC[C@@H]1[C@H]2CC[C@]2(C)C(/C=N/N(C(=N)N)c3ccccc3)CC[C@@]12O. The third kappa shape index (κ3) is 4.80. The molecule has 3 unspecified atom stereocenters. The van der Waals surface area contributed by atoms with E-state index < -0.39 is 5.60 Å². The van der Waals surface area contributed by atoms with Gasteiger partial charge in [-0.05, 0) is 119 Å². The standard InChI is InChI=1S/C33H51N5O2/c1-31-15-13-27(40-21-20-37-18-6-7-19-37)22-24(31)10-11-29-28(31)14-16-32(2)25(12-17-33(29,32)39)23-36-38(30(34)35)26-8-4-3-5-9-26/h3-5,8-9,23-25,27-29,39H,6-7,10-22H2,1-2H3,(H3,34,35)/b36-23+/t24?,25?,27?,28-,29-,31+,32-,33-/m1/s1. The zero-order chi connectivity index (χ0) is 28.0. The first kappa shape index (κ1) is 28.2. The van der Waals surface area contributed by atoms with Crippen LogP contribution in [-0.2, 0) is 4.74 Å². The summed E-state index contributed by atoms with van der Waals surface area (Å²) in [6.07, 6.45) is 15.0. The van der Waals surface area contributed by atoms with Crippen LogP contribution >= 0.6 is 0 Å². The van der Waals surface area contributed by atoms with Gasteiger partial charge in [0.25, 0.3) is 0 Å². The molecule has 0 amide bonds. The van der Waals surface area contributed by atoms with Gasteiger partial charge in [0.2, 0.25) is 5.96 Å². The Morgan fingerprint density at radius 1 is 1.07 bits per heavy atom. The second kappa shape index (κ2) is 11.0. The lowest BCUT2D eigenvalue weighted by atomic mass is 9.43. The van der Waals surface area contributed by atoms with Gasteiger partial charge in [0.05, 0.1) is 24.0 Å². The van der Waals surface area contributed by atoms with Crippen LogP contribution in [0.5, 0.6) is 0 Å². The second-order valence-electron chi connectivity index (χ2n) is 14.1. The van der Waals surface area contributed by atoms with E-state index in [1.165, 1.54) is 63.0 Å². The van der Waals surface area contributed by atoms with Crippen LogP contribution in [0.15, 0.2) is 35.4 Å². The van der Waals surface area contributed by atoms with E-state index >= 15 is 0 Å². The lowest BCUT2D eigenvalue weighted by Gasteiger charge is -2.63. The van der Waals surface area contributed by atoms with Gasteiger partial charge < -0.3 is 20.5 Å². The van der Waals surface area contributed by atoms with Crippen LogP contribution < -0.4 is 10.7 Å². The number of ether oxygens (including phenoxy) is 1. The van der Waals surface area contributed by atoms with Crippen molar-refractivity contribution in [2.45, 2.75) is 96.2 Å². The molecule has 7 nitrogen and oxygen atoms in total. The molecule has 1 aliphatic heterocycles. The Balaban J connectivity index is 1.12. The summed E-state index contributed by atoms with van der Waals surface area (Å²) >= 11 is 0. The summed E-state index contributed by atoms with van der Waals surface area (Å²) in [7, 11) is 0. The number of nitrogens with two attached hydrogens (primary N) is 1. The van der Waals surface area contributed by atoms with E-state index in [4.69, 9.17) is 21.0 Å². The first-order valence-corrected chi connectivity index (χ1v) is 16.0. The molecule has 1 heterocycles. The van der Waals surface area contributed by atoms with Crippen molar-refractivity contribution in [2.24, 2.45) is 45.3 Å². The Bertz CT molecular complexity index is 1080. The largest absolute Gasteiger partial charge is 0.389 e. The highest BCUT2D eigenvalue weighted by Gasteiger charge is 2.67. The molecule has 1 aromatic rings. The monoisotopic (exact) mass is 549 g/mol. The number of guanidine groups is 1. The number of anilines is 1. The van der Waals surface area contributed by atoms with E-state index in [0.717, 1.165) is 44.5 Å². The Morgan fingerprint density at radius 3 is 2.60 bits per heavy atom. The summed E-state index contributed by atoms with van der Waals surface area (Å²) < 4.78 is 6.46. The Labute approximate surface area is 241 Å². The van der Waals surface area contributed by atoms with Gasteiger partial charge in [0, 0.05) is 24.1 Å². The highest BCUT2D eigenvalue weighted by atomic mass is 16.5. The zero-order valence-corrected chi connectivity index (χ0v) is 24.7. The van der Waals surface area contributed by atoms with Crippen LogP contribution in [-0.4, -0.2) is 60.1 Å². The summed E-state index contributed by atoms with van der Waals surface area (Å²) in [5.41, 5.74) is 6.15. The molecule has 7 heteroatoms. The van der Waals surface area contributed by atoms with Crippen LogP contribution in [0.2, 0.25) is 0 Å². The van der Waals surface area contributed by atoms with Gasteiger partial charge in [-0.3, -0.25) is 5.41 Å². The third-order valence-electron chi connectivity index (χ3n) is 12.4. The Kier molecular flexibility index (Phi) is 7.77. The lowest BCUT2D eigenvalue weighted by Crippen LogP contribution is -2.62. The summed E-state index contributed by atoms with van der Waals surface area (Å²) in [4.78, 5) is 2.55. The fourth-order valence-electron chi connectivity index (χ4n) is 9.96. The maximum Gasteiger partial charge on any atom is 0.214 e. The number of rotatable bonds is 7. The number of fused-ring (bicyclic) bond motifs is 5. The minimum atomic E-state index is -0.655. The quantitative estimate of drug-likeness (QED) is 0.233. The summed E-state index contributed by atoms with van der Waals surface area (Å²) in [6.45, 7) is 9.33. The molecular formula is C33H51N5O2. The van der Waals surface area contributed by atoms with Crippen molar-refractivity contribution in [1.82, 2.24) is 4.90 Å². The van der Waals surface area contributed by atoms with Crippen molar-refractivity contribution in [3.8, 4) is 0 Å². The molecule has 8 atom stereocenters. The molecular weight excluding hydrogens is 498 g/mol. The molecule has 0 radical (unpaired) electrons. The number of para-hydroxylation sites is 1. The van der Waals surface area contributed by atoms with Gasteiger partial charge in [-0.15, -0.1) is 0 Å². The molecule has 0 spiro atoms. The number of aliphatic hydroxyl groups is 1. The topological polar surface area (TPSA) is 98.2 Å². The average molecular weight is 550 g/mol. The van der Waals surface area contributed by atoms with Crippen molar-refractivity contribution in [1.29, 1.82) is 5.41 Å².